The molecule has 0 saturated carbocycles. The number of ether oxygens (including phenoxy) is 1. The zero-order valence-corrected chi connectivity index (χ0v) is 12.8. The second-order valence-corrected chi connectivity index (χ2v) is 4.78. The summed E-state index contributed by atoms with van der Waals surface area (Å²) in [5.41, 5.74) is 2.43. The smallest absolute Gasteiger partial charge is 0.0729 e. The van der Waals surface area contributed by atoms with Crippen LogP contribution in [-0.2, 0) is 17.6 Å². The Morgan fingerprint density at radius 3 is 2.47 bits per heavy atom. The van der Waals surface area contributed by atoms with Crippen molar-refractivity contribution in [1.29, 1.82) is 0 Å². The topological polar surface area (TPSA) is 34.2 Å². The van der Waals surface area contributed by atoms with Gasteiger partial charge < -0.3 is 10.1 Å². The summed E-state index contributed by atoms with van der Waals surface area (Å²) >= 11 is 0. The van der Waals surface area contributed by atoms with Gasteiger partial charge in [0.25, 0.3) is 0 Å². The van der Waals surface area contributed by atoms with Crippen LogP contribution in [-0.4, -0.2) is 30.3 Å². The van der Waals surface area contributed by atoms with E-state index in [1.807, 2.05) is 6.20 Å². The molecule has 3 nitrogen and oxygen atoms in total. The van der Waals surface area contributed by atoms with Gasteiger partial charge in [0.05, 0.1) is 6.10 Å². The largest absolute Gasteiger partial charge is 0.377 e. The molecule has 0 aliphatic heterocycles. The fourth-order valence-corrected chi connectivity index (χ4v) is 2.34. The van der Waals surface area contributed by atoms with Gasteiger partial charge in [0.2, 0.25) is 0 Å². The van der Waals surface area contributed by atoms with Crippen molar-refractivity contribution < 1.29 is 4.74 Å². The Morgan fingerprint density at radius 1 is 1.21 bits per heavy atom. The number of nitrogens with one attached hydrogen (secondary N) is 1. The van der Waals surface area contributed by atoms with E-state index in [9.17, 15) is 0 Å². The highest BCUT2D eigenvalue weighted by atomic mass is 16.5. The molecule has 2 unspecified atom stereocenters. The van der Waals surface area contributed by atoms with E-state index in [2.05, 4.69) is 50.1 Å². The molecular formula is C16H28N2O. The van der Waals surface area contributed by atoms with Crippen molar-refractivity contribution in [1.82, 2.24) is 10.3 Å². The van der Waals surface area contributed by atoms with Crippen LogP contribution in [0.5, 0.6) is 0 Å². The summed E-state index contributed by atoms with van der Waals surface area (Å²) < 4.78 is 5.83. The molecule has 0 fully saturated rings. The minimum Gasteiger partial charge on any atom is -0.377 e. The Kier molecular flexibility index (Phi) is 7.68. The molecule has 2 atom stereocenters. The monoisotopic (exact) mass is 264 g/mol. The SMILES string of the molecule is CCNC(Cc1ccc(CC)cn1)C(CC)OCC. The molecule has 0 amide bonds. The highest BCUT2D eigenvalue weighted by molar-refractivity contribution is 5.15. The third-order valence-corrected chi connectivity index (χ3v) is 3.42. The summed E-state index contributed by atoms with van der Waals surface area (Å²) in [5, 5.41) is 3.53. The van der Waals surface area contributed by atoms with E-state index in [-0.39, 0.29) is 6.10 Å². The molecule has 0 aromatic carbocycles. The predicted molar refractivity (Wildman–Crippen MR) is 80.5 cm³/mol. The maximum atomic E-state index is 5.83. The molecule has 3 heteroatoms. The van der Waals surface area contributed by atoms with Gasteiger partial charge in [-0.1, -0.05) is 26.8 Å². The van der Waals surface area contributed by atoms with Gasteiger partial charge in [-0.2, -0.15) is 0 Å². The lowest BCUT2D eigenvalue weighted by Gasteiger charge is -2.26. The fourth-order valence-electron chi connectivity index (χ4n) is 2.34. The summed E-state index contributed by atoms with van der Waals surface area (Å²) in [5.74, 6) is 0. The average molecular weight is 264 g/mol. The van der Waals surface area contributed by atoms with Gasteiger partial charge >= 0.3 is 0 Å². The molecule has 108 valence electrons. The van der Waals surface area contributed by atoms with Crippen molar-refractivity contribution >= 4 is 0 Å². The fraction of sp³-hybridized carbons (Fsp3) is 0.688. The summed E-state index contributed by atoms with van der Waals surface area (Å²) in [7, 11) is 0. The first-order valence-electron chi connectivity index (χ1n) is 7.53. The molecule has 1 N–H and O–H groups in total. The Balaban J connectivity index is 2.69. The molecule has 1 rings (SSSR count). The van der Waals surface area contributed by atoms with Crippen molar-refractivity contribution in [2.24, 2.45) is 0 Å². The number of rotatable bonds is 9. The number of hydrogen-bond donors (Lipinski definition) is 1. The van der Waals surface area contributed by atoms with E-state index in [1.165, 1.54) is 5.56 Å². The molecule has 0 aliphatic carbocycles. The van der Waals surface area contributed by atoms with E-state index < -0.39 is 0 Å². The Hall–Kier alpha value is -0.930. The second kappa shape index (κ2) is 9.05. The minimum absolute atomic E-state index is 0.262. The lowest BCUT2D eigenvalue weighted by molar-refractivity contribution is 0.0321. The van der Waals surface area contributed by atoms with Crippen LogP contribution >= 0.6 is 0 Å². The van der Waals surface area contributed by atoms with Gasteiger partial charge in [-0.25, -0.2) is 0 Å². The molecule has 19 heavy (non-hydrogen) atoms. The Bertz CT molecular complexity index is 337. The third-order valence-electron chi connectivity index (χ3n) is 3.42. The van der Waals surface area contributed by atoms with Crippen molar-refractivity contribution in [3.05, 3.63) is 29.6 Å². The highest BCUT2D eigenvalue weighted by Gasteiger charge is 2.20. The molecular weight excluding hydrogens is 236 g/mol. The second-order valence-electron chi connectivity index (χ2n) is 4.78. The predicted octanol–water partition coefficient (Wildman–Crippen LogP) is 2.98. The quantitative estimate of drug-likeness (QED) is 0.744. The number of aromatic nitrogens is 1. The van der Waals surface area contributed by atoms with Gasteiger partial charge in [-0.05, 0) is 37.9 Å². The lowest BCUT2D eigenvalue weighted by Crippen LogP contribution is -2.43. The molecule has 1 aromatic rings. The number of likely N-dealkylation sites (N-methyl/N-ethyl adjacent to an activating group) is 1. The van der Waals surface area contributed by atoms with E-state index in [0.717, 1.165) is 38.1 Å². The van der Waals surface area contributed by atoms with Gasteiger partial charge in [0.1, 0.15) is 0 Å². The molecule has 0 spiro atoms. The van der Waals surface area contributed by atoms with Crippen molar-refractivity contribution in [2.45, 2.75) is 59.1 Å². The number of hydrogen-bond acceptors (Lipinski definition) is 3. The zero-order chi connectivity index (χ0) is 14.1. The normalized spacial score (nSPS) is 14.3. The van der Waals surface area contributed by atoms with Gasteiger partial charge in [-0.3, -0.25) is 4.98 Å². The van der Waals surface area contributed by atoms with E-state index in [1.54, 1.807) is 0 Å². The summed E-state index contributed by atoms with van der Waals surface area (Å²) in [4.78, 5) is 4.55. The van der Waals surface area contributed by atoms with Crippen LogP contribution < -0.4 is 5.32 Å². The Labute approximate surface area is 117 Å². The summed E-state index contributed by atoms with van der Waals surface area (Å²) in [6.07, 6.45) is 5.24. The van der Waals surface area contributed by atoms with Crippen molar-refractivity contribution in [2.75, 3.05) is 13.2 Å². The first-order valence-corrected chi connectivity index (χ1v) is 7.53. The zero-order valence-electron chi connectivity index (χ0n) is 12.8. The van der Waals surface area contributed by atoms with E-state index >= 15 is 0 Å². The molecule has 0 radical (unpaired) electrons. The first-order chi connectivity index (χ1) is 9.24. The average Bonchev–Trinajstić information content (AvgIpc) is 2.45. The number of aryl methyl sites for hydroxylation is 1. The third kappa shape index (κ3) is 5.29. The molecule has 0 saturated heterocycles. The van der Waals surface area contributed by atoms with Crippen molar-refractivity contribution in [3.8, 4) is 0 Å². The summed E-state index contributed by atoms with van der Waals surface area (Å²) in [6.45, 7) is 10.3. The minimum atomic E-state index is 0.262. The lowest BCUT2D eigenvalue weighted by atomic mass is 10.0. The Morgan fingerprint density at radius 2 is 2.00 bits per heavy atom. The molecule has 1 aromatic heterocycles. The van der Waals surface area contributed by atoms with Crippen LogP contribution in [0.25, 0.3) is 0 Å². The van der Waals surface area contributed by atoms with Gasteiger partial charge in [-0.15, -0.1) is 0 Å². The molecule has 1 heterocycles. The van der Waals surface area contributed by atoms with Crippen LogP contribution in [0.1, 0.15) is 45.4 Å². The highest BCUT2D eigenvalue weighted by Crippen LogP contribution is 2.11. The van der Waals surface area contributed by atoms with E-state index in [0.29, 0.717) is 6.04 Å². The van der Waals surface area contributed by atoms with Crippen LogP contribution in [0, 0.1) is 0 Å². The number of pyridine rings is 1. The van der Waals surface area contributed by atoms with Crippen LogP contribution in [0.4, 0.5) is 0 Å². The van der Waals surface area contributed by atoms with Crippen molar-refractivity contribution in [3.63, 3.8) is 0 Å². The van der Waals surface area contributed by atoms with Crippen LogP contribution in [0.2, 0.25) is 0 Å². The van der Waals surface area contributed by atoms with Gasteiger partial charge in [0.15, 0.2) is 0 Å². The van der Waals surface area contributed by atoms with Crippen LogP contribution in [0.15, 0.2) is 18.3 Å². The maximum Gasteiger partial charge on any atom is 0.0729 e. The maximum absolute atomic E-state index is 5.83. The summed E-state index contributed by atoms with van der Waals surface area (Å²) in [6, 6.07) is 4.66. The van der Waals surface area contributed by atoms with Crippen LogP contribution in [0.3, 0.4) is 0 Å². The molecule has 0 bridgehead atoms. The molecule has 0 aliphatic rings. The number of nitrogens with zero attached hydrogens (tertiary/aromatic N) is 1. The first kappa shape index (κ1) is 16.1. The standard InChI is InChI=1S/C16H28N2O/c1-5-13-9-10-14(18-12-13)11-15(17-7-3)16(6-2)19-8-4/h9-10,12,15-17H,5-8,11H2,1-4H3. The van der Waals surface area contributed by atoms with Gasteiger partial charge in [0, 0.05) is 31.0 Å². The van der Waals surface area contributed by atoms with E-state index in [4.69, 9.17) is 4.74 Å².